The lowest BCUT2D eigenvalue weighted by molar-refractivity contribution is -0.115. The first-order valence-electron chi connectivity index (χ1n) is 7.54. The van der Waals surface area contributed by atoms with Crippen LogP contribution in [0.3, 0.4) is 0 Å². The number of amides is 2. The van der Waals surface area contributed by atoms with Gasteiger partial charge in [0, 0.05) is 11.8 Å². The summed E-state index contributed by atoms with van der Waals surface area (Å²) in [7, 11) is 0. The molecule has 132 valence electrons. The molecule has 0 bridgehead atoms. The Morgan fingerprint density at radius 1 is 1.04 bits per heavy atom. The van der Waals surface area contributed by atoms with Gasteiger partial charge in [-0.05, 0) is 24.3 Å². The molecule has 2 amide bonds. The van der Waals surface area contributed by atoms with Gasteiger partial charge < -0.3 is 10.6 Å². The summed E-state index contributed by atoms with van der Waals surface area (Å²) >= 11 is 0. The fourth-order valence-corrected chi connectivity index (χ4v) is 2.08. The minimum Gasteiger partial charge on any atom is -0.342 e. The average molecular weight is 357 g/mol. The van der Waals surface area contributed by atoms with Gasteiger partial charge in [0.1, 0.15) is 0 Å². The van der Waals surface area contributed by atoms with Crippen molar-refractivity contribution in [1.82, 2.24) is 20.3 Å². The van der Waals surface area contributed by atoms with Crippen molar-refractivity contribution in [1.29, 1.82) is 0 Å². The van der Waals surface area contributed by atoms with Crippen molar-refractivity contribution in [2.24, 2.45) is 0 Å². The second-order valence-corrected chi connectivity index (χ2v) is 5.21. The number of anilines is 1. The molecule has 0 radical (unpaired) electrons. The van der Waals surface area contributed by atoms with Crippen LogP contribution in [0.5, 0.6) is 0 Å². The SMILES string of the molecule is O=C(CNC(=O)c1cnn(-c2ccccc2)n1)Nc1ccc(F)c(F)c1. The van der Waals surface area contributed by atoms with E-state index < -0.39 is 23.4 Å². The highest BCUT2D eigenvalue weighted by molar-refractivity contribution is 5.98. The molecule has 0 fully saturated rings. The van der Waals surface area contributed by atoms with Gasteiger partial charge in [-0.3, -0.25) is 9.59 Å². The number of para-hydroxylation sites is 1. The first-order valence-corrected chi connectivity index (χ1v) is 7.54. The summed E-state index contributed by atoms with van der Waals surface area (Å²) in [5, 5.41) is 12.7. The highest BCUT2D eigenvalue weighted by atomic mass is 19.2. The molecule has 1 heterocycles. The van der Waals surface area contributed by atoms with Crippen LogP contribution in [-0.4, -0.2) is 33.4 Å². The zero-order valence-electron chi connectivity index (χ0n) is 13.3. The van der Waals surface area contributed by atoms with Crippen LogP contribution >= 0.6 is 0 Å². The van der Waals surface area contributed by atoms with Crippen LogP contribution in [0.15, 0.2) is 54.7 Å². The summed E-state index contributed by atoms with van der Waals surface area (Å²) in [6.07, 6.45) is 1.27. The first kappa shape index (κ1) is 17.2. The first-order chi connectivity index (χ1) is 12.5. The molecule has 26 heavy (non-hydrogen) atoms. The maximum Gasteiger partial charge on any atom is 0.273 e. The van der Waals surface area contributed by atoms with E-state index in [0.29, 0.717) is 5.69 Å². The molecule has 2 N–H and O–H groups in total. The number of nitrogens with zero attached hydrogens (tertiary/aromatic N) is 3. The molecule has 0 saturated carbocycles. The van der Waals surface area contributed by atoms with E-state index in [0.717, 1.165) is 12.1 Å². The van der Waals surface area contributed by atoms with Crippen LogP contribution in [0.1, 0.15) is 10.5 Å². The molecule has 7 nitrogen and oxygen atoms in total. The van der Waals surface area contributed by atoms with Gasteiger partial charge in [0.25, 0.3) is 5.91 Å². The molecule has 0 aliphatic heterocycles. The van der Waals surface area contributed by atoms with Crippen LogP contribution in [0.25, 0.3) is 5.69 Å². The largest absolute Gasteiger partial charge is 0.342 e. The van der Waals surface area contributed by atoms with E-state index in [4.69, 9.17) is 0 Å². The average Bonchev–Trinajstić information content (AvgIpc) is 3.14. The van der Waals surface area contributed by atoms with E-state index >= 15 is 0 Å². The number of benzene rings is 2. The van der Waals surface area contributed by atoms with E-state index in [-0.39, 0.29) is 17.9 Å². The van der Waals surface area contributed by atoms with Crippen LogP contribution in [0, 0.1) is 11.6 Å². The van der Waals surface area contributed by atoms with Gasteiger partial charge in [-0.25, -0.2) is 8.78 Å². The van der Waals surface area contributed by atoms with Gasteiger partial charge >= 0.3 is 0 Å². The van der Waals surface area contributed by atoms with Crippen molar-refractivity contribution in [2.45, 2.75) is 0 Å². The lowest BCUT2D eigenvalue weighted by Crippen LogP contribution is -2.33. The molecular formula is C17H13F2N5O2. The number of carbonyl (C=O) groups excluding carboxylic acids is 2. The van der Waals surface area contributed by atoms with Crippen LogP contribution in [-0.2, 0) is 4.79 Å². The molecule has 3 rings (SSSR count). The van der Waals surface area contributed by atoms with Gasteiger partial charge in [0.15, 0.2) is 17.3 Å². The number of halogens is 2. The lowest BCUT2D eigenvalue weighted by atomic mass is 10.3. The van der Waals surface area contributed by atoms with E-state index in [1.54, 1.807) is 24.3 Å². The predicted octanol–water partition coefficient (Wildman–Crippen LogP) is 1.91. The van der Waals surface area contributed by atoms with Gasteiger partial charge in [-0.1, -0.05) is 18.2 Å². The molecule has 0 spiro atoms. The second-order valence-electron chi connectivity index (χ2n) is 5.21. The van der Waals surface area contributed by atoms with Crippen molar-refractivity contribution in [3.8, 4) is 5.69 Å². The van der Waals surface area contributed by atoms with Crippen molar-refractivity contribution in [3.63, 3.8) is 0 Å². The number of nitrogens with one attached hydrogen (secondary N) is 2. The summed E-state index contributed by atoms with van der Waals surface area (Å²) in [6, 6.07) is 12.0. The summed E-state index contributed by atoms with van der Waals surface area (Å²) in [6.45, 7) is -0.365. The number of aromatic nitrogens is 3. The summed E-state index contributed by atoms with van der Waals surface area (Å²) < 4.78 is 25.9. The monoisotopic (exact) mass is 357 g/mol. The van der Waals surface area contributed by atoms with Crippen molar-refractivity contribution in [3.05, 3.63) is 72.1 Å². The van der Waals surface area contributed by atoms with Gasteiger partial charge in [-0.2, -0.15) is 9.90 Å². The molecule has 0 unspecified atom stereocenters. The van der Waals surface area contributed by atoms with Crippen molar-refractivity contribution < 1.29 is 18.4 Å². The Hall–Kier alpha value is -3.62. The molecule has 9 heteroatoms. The Balaban J connectivity index is 1.56. The van der Waals surface area contributed by atoms with Crippen LogP contribution in [0.4, 0.5) is 14.5 Å². The summed E-state index contributed by atoms with van der Waals surface area (Å²) in [5.41, 5.74) is 0.801. The van der Waals surface area contributed by atoms with Gasteiger partial charge in [-0.15, -0.1) is 5.10 Å². The van der Waals surface area contributed by atoms with Crippen LogP contribution in [0.2, 0.25) is 0 Å². The topological polar surface area (TPSA) is 88.9 Å². The molecule has 1 aromatic heterocycles. The highest BCUT2D eigenvalue weighted by Gasteiger charge is 2.13. The number of carbonyl (C=O) groups is 2. The minimum atomic E-state index is -1.08. The standard InChI is InChI=1S/C17H13F2N5O2/c18-13-7-6-11(8-14(13)19)22-16(25)10-20-17(26)15-9-21-24(23-15)12-4-2-1-3-5-12/h1-9H,10H2,(H,20,26)(H,22,25). The highest BCUT2D eigenvalue weighted by Crippen LogP contribution is 2.12. The molecule has 0 atom stereocenters. The summed E-state index contributed by atoms with van der Waals surface area (Å²) in [4.78, 5) is 25.1. The Morgan fingerprint density at radius 2 is 1.81 bits per heavy atom. The maximum absolute atomic E-state index is 13.1. The fourth-order valence-electron chi connectivity index (χ4n) is 2.08. The zero-order valence-corrected chi connectivity index (χ0v) is 13.3. The molecule has 3 aromatic rings. The third kappa shape index (κ3) is 4.07. The van der Waals surface area contributed by atoms with E-state index in [2.05, 4.69) is 20.8 Å². The molecular weight excluding hydrogens is 344 g/mol. The summed E-state index contributed by atoms with van der Waals surface area (Å²) in [5.74, 6) is -3.28. The van der Waals surface area contributed by atoms with E-state index in [1.807, 2.05) is 6.07 Å². The van der Waals surface area contributed by atoms with Gasteiger partial charge in [0.2, 0.25) is 5.91 Å². The Kier molecular flexibility index (Phi) is 4.97. The number of hydrogen-bond acceptors (Lipinski definition) is 4. The third-order valence-electron chi connectivity index (χ3n) is 3.32. The van der Waals surface area contributed by atoms with Crippen molar-refractivity contribution in [2.75, 3.05) is 11.9 Å². The molecule has 2 aromatic carbocycles. The van der Waals surface area contributed by atoms with Crippen molar-refractivity contribution >= 4 is 17.5 Å². The minimum absolute atomic E-state index is 0.0366. The maximum atomic E-state index is 13.1. The van der Waals surface area contributed by atoms with E-state index in [9.17, 15) is 18.4 Å². The van der Waals surface area contributed by atoms with Gasteiger partial charge in [0.05, 0.1) is 18.4 Å². The number of hydrogen-bond donors (Lipinski definition) is 2. The third-order valence-corrected chi connectivity index (χ3v) is 3.32. The zero-order chi connectivity index (χ0) is 18.5. The Labute approximate surface area is 146 Å². The normalized spacial score (nSPS) is 10.4. The Bertz CT molecular complexity index is 943. The molecule has 0 aliphatic carbocycles. The lowest BCUT2D eigenvalue weighted by Gasteiger charge is -2.06. The quantitative estimate of drug-likeness (QED) is 0.730. The predicted molar refractivity (Wildman–Crippen MR) is 88.7 cm³/mol. The fraction of sp³-hybridized carbons (Fsp3) is 0.0588. The number of rotatable bonds is 5. The van der Waals surface area contributed by atoms with Crippen LogP contribution < -0.4 is 10.6 Å². The molecule has 0 aliphatic rings. The Morgan fingerprint density at radius 3 is 2.54 bits per heavy atom. The smallest absolute Gasteiger partial charge is 0.273 e. The second kappa shape index (κ2) is 7.51. The van der Waals surface area contributed by atoms with E-state index in [1.165, 1.54) is 17.1 Å². The molecule has 0 saturated heterocycles.